The van der Waals surface area contributed by atoms with Gasteiger partial charge in [0.2, 0.25) is 5.89 Å². The number of aliphatic imine (C=N–C) groups is 1. The third-order valence-electron chi connectivity index (χ3n) is 4.15. The molecule has 4 rings (SSSR count). The SMILES string of the molecule is CCOC(=O)C(=C1N=CCC(c2ccccc2)S1)c1nc2ccccc2o1. The van der Waals surface area contributed by atoms with Crippen LogP contribution in [-0.4, -0.2) is 23.8 Å². The van der Waals surface area contributed by atoms with Crippen LogP contribution in [0.1, 0.15) is 30.0 Å². The smallest absolute Gasteiger partial charge is 0.346 e. The second-order valence-corrected chi connectivity index (χ2v) is 7.14. The van der Waals surface area contributed by atoms with Crippen molar-refractivity contribution in [2.75, 3.05) is 6.61 Å². The molecule has 0 N–H and O–H groups in total. The lowest BCUT2D eigenvalue weighted by Gasteiger charge is -2.20. The molecule has 0 saturated carbocycles. The van der Waals surface area contributed by atoms with Crippen LogP contribution < -0.4 is 0 Å². The van der Waals surface area contributed by atoms with Gasteiger partial charge in [0.15, 0.2) is 11.2 Å². The van der Waals surface area contributed by atoms with E-state index in [9.17, 15) is 4.79 Å². The summed E-state index contributed by atoms with van der Waals surface area (Å²) in [5.41, 5.74) is 2.78. The Morgan fingerprint density at radius 1 is 1.19 bits per heavy atom. The van der Waals surface area contributed by atoms with Crippen molar-refractivity contribution in [3.63, 3.8) is 0 Å². The standard InChI is InChI=1S/C21H18N2O3S/c1-2-25-21(24)18(19-23-15-10-6-7-11-16(15)26-19)20-22-13-12-17(27-20)14-8-4-3-5-9-14/h3-11,13,17H,2,12H2,1H3. The van der Waals surface area contributed by atoms with Gasteiger partial charge in [0.1, 0.15) is 10.5 Å². The molecule has 6 heteroatoms. The van der Waals surface area contributed by atoms with Gasteiger partial charge in [-0.3, -0.25) is 4.99 Å². The molecule has 0 aliphatic carbocycles. The minimum Gasteiger partial charge on any atom is -0.462 e. The van der Waals surface area contributed by atoms with Crippen molar-refractivity contribution in [1.82, 2.24) is 4.98 Å². The lowest BCUT2D eigenvalue weighted by molar-refractivity contribution is -0.136. The Labute approximate surface area is 161 Å². The number of esters is 1. The first-order valence-electron chi connectivity index (χ1n) is 8.77. The van der Waals surface area contributed by atoms with Gasteiger partial charge in [-0.1, -0.05) is 54.2 Å². The number of rotatable bonds is 4. The fraction of sp³-hybridized carbons (Fsp3) is 0.190. The second-order valence-electron chi connectivity index (χ2n) is 5.95. The van der Waals surface area contributed by atoms with Crippen LogP contribution in [0.3, 0.4) is 0 Å². The molecule has 1 aromatic heterocycles. The number of aromatic nitrogens is 1. The average molecular weight is 378 g/mol. The molecule has 0 amide bonds. The number of nitrogens with zero attached hydrogens (tertiary/aromatic N) is 2. The molecule has 0 bridgehead atoms. The maximum absolute atomic E-state index is 12.7. The zero-order chi connectivity index (χ0) is 18.6. The zero-order valence-electron chi connectivity index (χ0n) is 14.8. The van der Waals surface area contributed by atoms with Gasteiger partial charge in [0.25, 0.3) is 0 Å². The van der Waals surface area contributed by atoms with Crippen LogP contribution in [-0.2, 0) is 9.53 Å². The summed E-state index contributed by atoms with van der Waals surface area (Å²) in [7, 11) is 0. The van der Waals surface area contributed by atoms with Crippen molar-refractivity contribution in [1.29, 1.82) is 0 Å². The van der Waals surface area contributed by atoms with Gasteiger partial charge in [-0.05, 0) is 31.0 Å². The third kappa shape index (κ3) is 3.66. The Morgan fingerprint density at radius 2 is 1.96 bits per heavy atom. The molecule has 2 heterocycles. The summed E-state index contributed by atoms with van der Waals surface area (Å²) in [5.74, 6) is -0.236. The van der Waals surface area contributed by atoms with Gasteiger partial charge in [0.05, 0.1) is 6.61 Å². The van der Waals surface area contributed by atoms with E-state index in [2.05, 4.69) is 22.1 Å². The molecule has 2 aromatic carbocycles. The van der Waals surface area contributed by atoms with E-state index < -0.39 is 5.97 Å². The topological polar surface area (TPSA) is 64.7 Å². The number of carbonyl (C=O) groups excluding carboxylic acids is 1. The van der Waals surface area contributed by atoms with E-state index in [0.29, 0.717) is 16.1 Å². The lowest BCUT2D eigenvalue weighted by Crippen LogP contribution is -2.11. The van der Waals surface area contributed by atoms with Gasteiger partial charge in [-0.2, -0.15) is 0 Å². The van der Waals surface area contributed by atoms with Crippen molar-refractivity contribution >= 4 is 40.6 Å². The Balaban J connectivity index is 1.78. The monoisotopic (exact) mass is 378 g/mol. The number of oxazole rings is 1. The average Bonchev–Trinajstić information content (AvgIpc) is 3.13. The summed E-state index contributed by atoms with van der Waals surface area (Å²) < 4.78 is 11.1. The number of para-hydroxylation sites is 2. The Bertz CT molecular complexity index is 991. The van der Waals surface area contributed by atoms with Crippen LogP contribution in [0.4, 0.5) is 0 Å². The highest BCUT2D eigenvalue weighted by molar-refractivity contribution is 8.03. The molecule has 27 heavy (non-hydrogen) atoms. The summed E-state index contributed by atoms with van der Waals surface area (Å²) in [6.07, 6.45) is 2.63. The first-order valence-corrected chi connectivity index (χ1v) is 9.65. The highest BCUT2D eigenvalue weighted by Gasteiger charge is 2.28. The fourth-order valence-corrected chi connectivity index (χ4v) is 4.06. The predicted molar refractivity (Wildman–Crippen MR) is 107 cm³/mol. The molecule has 136 valence electrons. The number of carbonyl (C=O) groups is 1. The normalized spacial score (nSPS) is 18.5. The lowest BCUT2D eigenvalue weighted by atomic mass is 10.1. The molecular weight excluding hydrogens is 360 g/mol. The van der Waals surface area contributed by atoms with Gasteiger partial charge in [-0.15, -0.1) is 0 Å². The molecule has 1 unspecified atom stereocenters. The van der Waals surface area contributed by atoms with Crippen LogP contribution in [0.15, 0.2) is 69.0 Å². The van der Waals surface area contributed by atoms with Crippen LogP contribution in [0, 0.1) is 0 Å². The van der Waals surface area contributed by atoms with E-state index >= 15 is 0 Å². The molecular formula is C21H18N2O3S. The van der Waals surface area contributed by atoms with E-state index in [1.807, 2.05) is 48.7 Å². The Morgan fingerprint density at radius 3 is 2.74 bits per heavy atom. The highest BCUT2D eigenvalue weighted by atomic mass is 32.2. The molecule has 1 aliphatic heterocycles. The van der Waals surface area contributed by atoms with Crippen LogP contribution in [0.25, 0.3) is 16.7 Å². The zero-order valence-corrected chi connectivity index (χ0v) is 15.6. The van der Waals surface area contributed by atoms with Gasteiger partial charge < -0.3 is 9.15 Å². The quantitative estimate of drug-likeness (QED) is 0.472. The molecule has 0 spiro atoms. The number of thioether (sulfide) groups is 1. The molecule has 0 saturated heterocycles. The van der Waals surface area contributed by atoms with Crippen molar-refractivity contribution < 1.29 is 13.9 Å². The van der Waals surface area contributed by atoms with Gasteiger partial charge in [-0.25, -0.2) is 9.78 Å². The molecule has 0 radical (unpaired) electrons. The second kappa shape index (κ2) is 7.80. The largest absolute Gasteiger partial charge is 0.462 e. The van der Waals surface area contributed by atoms with E-state index in [1.165, 1.54) is 17.3 Å². The number of ether oxygens (including phenoxy) is 1. The Kier molecular flexibility index (Phi) is 5.07. The minimum atomic E-state index is -0.475. The van der Waals surface area contributed by atoms with E-state index in [-0.39, 0.29) is 23.3 Å². The van der Waals surface area contributed by atoms with Gasteiger partial charge >= 0.3 is 5.97 Å². The predicted octanol–water partition coefficient (Wildman–Crippen LogP) is 5.01. The minimum absolute atomic E-state index is 0.174. The summed E-state index contributed by atoms with van der Waals surface area (Å²) in [5, 5.41) is 0.743. The summed E-state index contributed by atoms with van der Waals surface area (Å²) in [6, 6.07) is 17.6. The maximum atomic E-state index is 12.7. The summed E-state index contributed by atoms with van der Waals surface area (Å²) >= 11 is 1.53. The van der Waals surface area contributed by atoms with Crippen molar-refractivity contribution in [3.05, 3.63) is 71.1 Å². The number of fused-ring (bicyclic) bond motifs is 1. The summed E-state index contributed by atoms with van der Waals surface area (Å²) in [4.78, 5) is 21.6. The van der Waals surface area contributed by atoms with Crippen LogP contribution in [0.5, 0.6) is 0 Å². The third-order valence-corrected chi connectivity index (χ3v) is 5.44. The highest BCUT2D eigenvalue weighted by Crippen LogP contribution is 2.43. The van der Waals surface area contributed by atoms with Crippen molar-refractivity contribution in [2.24, 2.45) is 4.99 Å². The molecule has 1 atom stereocenters. The molecule has 1 aliphatic rings. The van der Waals surface area contributed by atoms with E-state index in [1.54, 1.807) is 6.92 Å². The number of hydrogen-bond donors (Lipinski definition) is 0. The van der Waals surface area contributed by atoms with E-state index in [4.69, 9.17) is 9.15 Å². The van der Waals surface area contributed by atoms with Crippen LogP contribution in [0.2, 0.25) is 0 Å². The van der Waals surface area contributed by atoms with E-state index in [0.717, 1.165) is 6.42 Å². The number of benzene rings is 2. The summed E-state index contributed by atoms with van der Waals surface area (Å²) in [6.45, 7) is 2.04. The van der Waals surface area contributed by atoms with Gasteiger partial charge in [0, 0.05) is 11.5 Å². The molecule has 5 nitrogen and oxygen atoms in total. The fourth-order valence-electron chi connectivity index (χ4n) is 2.89. The maximum Gasteiger partial charge on any atom is 0.346 e. The van der Waals surface area contributed by atoms with Crippen molar-refractivity contribution in [2.45, 2.75) is 18.6 Å². The number of hydrogen-bond acceptors (Lipinski definition) is 6. The van der Waals surface area contributed by atoms with Crippen molar-refractivity contribution in [3.8, 4) is 0 Å². The Hall–Kier alpha value is -2.86. The first kappa shape index (κ1) is 17.5. The molecule has 0 fully saturated rings. The van der Waals surface area contributed by atoms with Crippen LogP contribution >= 0.6 is 11.8 Å². The first-order chi connectivity index (χ1) is 13.3. The molecule has 3 aromatic rings.